The van der Waals surface area contributed by atoms with Gasteiger partial charge in [-0.25, -0.2) is 8.42 Å². The minimum atomic E-state index is -4.49. The number of benzene rings is 3. The first-order valence-electron chi connectivity index (χ1n) is 10.1. The van der Waals surface area contributed by atoms with Gasteiger partial charge in [0, 0.05) is 5.69 Å². The first-order valence-corrected chi connectivity index (χ1v) is 11.7. The fourth-order valence-electron chi connectivity index (χ4n) is 3.95. The summed E-state index contributed by atoms with van der Waals surface area (Å²) in [7, 11) is -4.07. The number of rotatable bonds is 4. The highest BCUT2D eigenvalue weighted by atomic mass is 32.2. The van der Waals surface area contributed by atoms with E-state index < -0.39 is 27.5 Å². The molecule has 0 saturated heterocycles. The van der Waals surface area contributed by atoms with Gasteiger partial charge in [-0.1, -0.05) is 36.4 Å². The lowest BCUT2D eigenvalue weighted by atomic mass is 10.1. The molecule has 0 atom stereocenters. The molecular formula is C23H18F3N3O3S. The van der Waals surface area contributed by atoms with Gasteiger partial charge in [-0.3, -0.25) is 4.57 Å². The first kappa shape index (κ1) is 21.3. The van der Waals surface area contributed by atoms with Crippen LogP contribution in [0.3, 0.4) is 0 Å². The zero-order valence-electron chi connectivity index (χ0n) is 17.2. The van der Waals surface area contributed by atoms with Crippen LogP contribution >= 0.6 is 0 Å². The molecule has 170 valence electrons. The van der Waals surface area contributed by atoms with Crippen molar-refractivity contribution in [3.63, 3.8) is 0 Å². The number of aromatic nitrogens is 2. The highest BCUT2D eigenvalue weighted by molar-refractivity contribution is 7.89. The molecule has 0 amide bonds. The zero-order chi connectivity index (χ0) is 23.2. The SMILES string of the molecule is O=S(=O)(Cc1ccc(C(F)(F)F)cc1)/N=c1/n2c3c(cccc3n1-c1ccccc1)OCC2. The molecule has 33 heavy (non-hydrogen) atoms. The Balaban J connectivity index is 1.66. The molecule has 0 aliphatic carbocycles. The Morgan fingerprint density at radius 3 is 2.36 bits per heavy atom. The topological polar surface area (TPSA) is 65.6 Å². The minimum Gasteiger partial charge on any atom is -0.489 e. The van der Waals surface area contributed by atoms with Gasteiger partial charge in [-0.15, -0.1) is 4.40 Å². The largest absolute Gasteiger partial charge is 0.489 e. The summed E-state index contributed by atoms with van der Waals surface area (Å²) in [5.74, 6) is 0.107. The Kier molecular flexibility index (Phi) is 5.04. The maximum atomic E-state index is 13.0. The summed E-state index contributed by atoms with van der Waals surface area (Å²) in [5, 5.41) is 0. The van der Waals surface area contributed by atoms with Gasteiger partial charge in [-0.2, -0.15) is 13.2 Å². The summed E-state index contributed by atoms with van der Waals surface area (Å²) >= 11 is 0. The number of para-hydroxylation sites is 2. The van der Waals surface area contributed by atoms with Gasteiger partial charge in [0.2, 0.25) is 5.62 Å². The molecule has 0 radical (unpaired) electrons. The van der Waals surface area contributed by atoms with E-state index >= 15 is 0 Å². The molecule has 0 unspecified atom stereocenters. The maximum Gasteiger partial charge on any atom is 0.416 e. The average molecular weight is 473 g/mol. The van der Waals surface area contributed by atoms with E-state index in [1.54, 1.807) is 9.13 Å². The highest BCUT2D eigenvalue weighted by Gasteiger charge is 2.30. The normalized spacial score (nSPS) is 14.5. The summed E-state index contributed by atoms with van der Waals surface area (Å²) in [5.41, 5.74) is 1.79. The number of hydrogen-bond acceptors (Lipinski definition) is 3. The van der Waals surface area contributed by atoms with Crippen molar-refractivity contribution < 1.29 is 26.3 Å². The van der Waals surface area contributed by atoms with Crippen LogP contribution in [0.1, 0.15) is 11.1 Å². The van der Waals surface area contributed by atoms with Gasteiger partial charge in [0.25, 0.3) is 10.0 Å². The van der Waals surface area contributed by atoms with Crippen molar-refractivity contribution in [2.45, 2.75) is 18.5 Å². The number of halogens is 3. The summed E-state index contributed by atoms with van der Waals surface area (Å²) in [4.78, 5) is 0. The number of hydrogen-bond donors (Lipinski definition) is 0. The average Bonchev–Trinajstić information content (AvgIpc) is 3.08. The molecule has 0 spiro atoms. The van der Waals surface area contributed by atoms with Gasteiger partial charge < -0.3 is 9.30 Å². The Morgan fingerprint density at radius 2 is 1.67 bits per heavy atom. The van der Waals surface area contributed by atoms with Crippen molar-refractivity contribution in [2.75, 3.05) is 6.61 Å². The predicted molar refractivity (Wildman–Crippen MR) is 116 cm³/mol. The van der Waals surface area contributed by atoms with E-state index in [9.17, 15) is 21.6 Å². The summed E-state index contributed by atoms with van der Waals surface area (Å²) < 4.78 is 78.0. The van der Waals surface area contributed by atoms with Gasteiger partial charge in [0.1, 0.15) is 17.9 Å². The fourth-order valence-corrected chi connectivity index (χ4v) is 5.05. The lowest BCUT2D eigenvalue weighted by Gasteiger charge is -2.15. The Bertz CT molecular complexity index is 1500. The second-order valence-electron chi connectivity index (χ2n) is 7.61. The molecule has 0 bridgehead atoms. The van der Waals surface area contributed by atoms with Gasteiger partial charge in [0.15, 0.2) is 0 Å². The van der Waals surface area contributed by atoms with E-state index in [0.29, 0.717) is 18.9 Å². The van der Waals surface area contributed by atoms with Gasteiger partial charge in [0.05, 0.1) is 23.4 Å². The standard InChI is InChI=1S/C23H18F3N3O3S/c24-23(25,26)17-11-9-16(10-12-17)15-33(30,31)27-22-28-13-14-32-20-8-4-7-19(21(20)28)29(22)18-5-2-1-3-6-18/h1-12H,13-15H2/b27-22-. The lowest BCUT2D eigenvalue weighted by Crippen LogP contribution is -2.30. The van der Waals surface area contributed by atoms with Crippen LogP contribution in [0, 0.1) is 0 Å². The molecule has 0 N–H and O–H groups in total. The van der Waals surface area contributed by atoms with E-state index in [-0.39, 0.29) is 11.2 Å². The number of nitrogens with zero attached hydrogens (tertiary/aromatic N) is 3. The van der Waals surface area contributed by atoms with Crippen molar-refractivity contribution in [1.82, 2.24) is 9.13 Å². The Hall–Kier alpha value is -3.53. The molecule has 1 aliphatic heterocycles. The third-order valence-corrected chi connectivity index (χ3v) is 6.51. The van der Waals surface area contributed by atoms with Crippen molar-refractivity contribution in [2.24, 2.45) is 4.40 Å². The molecular weight excluding hydrogens is 455 g/mol. The molecule has 6 nitrogen and oxygen atoms in total. The van der Waals surface area contributed by atoms with Crippen LogP contribution in [0.4, 0.5) is 13.2 Å². The van der Waals surface area contributed by atoms with Gasteiger partial charge in [-0.05, 0) is 42.0 Å². The van der Waals surface area contributed by atoms with Crippen molar-refractivity contribution >= 4 is 21.1 Å². The number of sulfonamides is 1. The maximum absolute atomic E-state index is 13.0. The van der Waals surface area contributed by atoms with Crippen LogP contribution in [0.2, 0.25) is 0 Å². The molecule has 1 aliphatic rings. The van der Waals surface area contributed by atoms with Crippen LogP contribution in [-0.2, 0) is 28.5 Å². The number of ether oxygens (including phenoxy) is 1. The van der Waals surface area contributed by atoms with Gasteiger partial charge >= 0.3 is 6.18 Å². The van der Waals surface area contributed by atoms with Crippen LogP contribution in [0.15, 0.2) is 77.2 Å². The third kappa shape index (κ3) is 4.02. The van der Waals surface area contributed by atoms with Crippen LogP contribution in [-0.4, -0.2) is 24.2 Å². The molecule has 5 rings (SSSR count). The van der Waals surface area contributed by atoms with E-state index in [4.69, 9.17) is 4.74 Å². The second-order valence-corrected chi connectivity index (χ2v) is 9.24. The van der Waals surface area contributed by atoms with E-state index in [2.05, 4.69) is 4.40 Å². The molecule has 3 aromatic carbocycles. The minimum absolute atomic E-state index is 0.207. The third-order valence-electron chi connectivity index (χ3n) is 5.37. The second kappa shape index (κ2) is 7.80. The van der Waals surface area contributed by atoms with Crippen LogP contribution < -0.4 is 10.4 Å². The molecule has 2 heterocycles. The smallest absolute Gasteiger partial charge is 0.416 e. The highest BCUT2D eigenvalue weighted by Crippen LogP contribution is 2.30. The summed E-state index contributed by atoms with van der Waals surface area (Å²) in [6.45, 7) is 0.763. The monoisotopic (exact) mass is 473 g/mol. The van der Waals surface area contributed by atoms with Crippen LogP contribution in [0.5, 0.6) is 5.75 Å². The number of imidazole rings is 1. The molecule has 0 fully saturated rings. The predicted octanol–water partition coefficient (Wildman–Crippen LogP) is 4.27. The van der Waals surface area contributed by atoms with Crippen LogP contribution in [0.25, 0.3) is 16.7 Å². The summed E-state index contributed by atoms with van der Waals surface area (Å²) in [6, 6.07) is 18.8. The van der Waals surface area contributed by atoms with E-state index in [1.807, 2.05) is 48.5 Å². The zero-order valence-corrected chi connectivity index (χ0v) is 18.0. The first-order chi connectivity index (χ1) is 15.7. The quantitative estimate of drug-likeness (QED) is 0.445. The summed E-state index contributed by atoms with van der Waals surface area (Å²) in [6.07, 6.45) is -4.49. The van der Waals surface area contributed by atoms with E-state index in [1.165, 1.54) is 0 Å². The molecule has 10 heteroatoms. The Labute approximate surface area is 187 Å². The van der Waals surface area contributed by atoms with E-state index in [0.717, 1.165) is 41.0 Å². The molecule has 0 saturated carbocycles. The van der Waals surface area contributed by atoms with Crippen molar-refractivity contribution in [1.29, 1.82) is 0 Å². The lowest BCUT2D eigenvalue weighted by molar-refractivity contribution is -0.137. The fraction of sp³-hybridized carbons (Fsp3) is 0.174. The molecule has 4 aromatic rings. The van der Waals surface area contributed by atoms with Crippen molar-refractivity contribution in [3.8, 4) is 11.4 Å². The molecule has 1 aromatic heterocycles. The number of alkyl halides is 3. The van der Waals surface area contributed by atoms with Crippen molar-refractivity contribution in [3.05, 3.63) is 89.5 Å². The Morgan fingerprint density at radius 1 is 0.939 bits per heavy atom.